The first-order valence-corrected chi connectivity index (χ1v) is 10.4. The Morgan fingerprint density at radius 1 is 1.03 bits per heavy atom. The van der Waals surface area contributed by atoms with Gasteiger partial charge in [-0.05, 0) is 57.0 Å². The molecule has 2 aromatic rings. The van der Waals surface area contributed by atoms with Gasteiger partial charge in [0.25, 0.3) is 17.7 Å². The maximum Gasteiger partial charge on any atom is 0.306 e. The Labute approximate surface area is 185 Å². The van der Waals surface area contributed by atoms with E-state index < -0.39 is 18.0 Å². The van der Waals surface area contributed by atoms with Crippen molar-refractivity contribution >= 4 is 23.7 Å². The Bertz CT molecular complexity index is 1050. The molecule has 2 unspecified atom stereocenters. The summed E-state index contributed by atoms with van der Waals surface area (Å²) < 4.78 is 18.2. The lowest BCUT2D eigenvalue weighted by molar-refractivity contribution is -0.155. The number of rotatable bonds is 8. The maximum absolute atomic E-state index is 13.0. The molecular weight excluding hydrogens is 415 g/mol. The van der Waals surface area contributed by atoms with Crippen LogP contribution >= 0.6 is 0 Å². The van der Waals surface area contributed by atoms with E-state index in [1.54, 1.807) is 37.3 Å². The Balaban J connectivity index is 1.44. The van der Waals surface area contributed by atoms with Gasteiger partial charge in [-0.25, -0.2) is 4.39 Å². The van der Waals surface area contributed by atoms with Crippen LogP contribution in [0.1, 0.15) is 64.6 Å². The van der Waals surface area contributed by atoms with Crippen LogP contribution in [0.2, 0.25) is 0 Å². The highest BCUT2D eigenvalue weighted by molar-refractivity contribution is 6.21. The predicted octanol–water partition coefficient (Wildman–Crippen LogP) is 3.32. The van der Waals surface area contributed by atoms with Crippen molar-refractivity contribution < 1.29 is 28.3 Å². The first-order valence-electron chi connectivity index (χ1n) is 10.4. The third-order valence-corrected chi connectivity index (χ3v) is 5.30. The smallest absolute Gasteiger partial charge is 0.306 e. The Hall–Kier alpha value is -3.55. The fourth-order valence-electron chi connectivity index (χ4n) is 3.46. The highest BCUT2D eigenvalue weighted by Gasteiger charge is 2.35. The number of ether oxygens (including phenoxy) is 1. The number of halogens is 1. The summed E-state index contributed by atoms with van der Waals surface area (Å²) in [5, 5.41) is 2.71. The molecule has 3 amide bonds. The van der Waals surface area contributed by atoms with Crippen molar-refractivity contribution in [2.24, 2.45) is 0 Å². The zero-order valence-electron chi connectivity index (χ0n) is 18.2. The molecule has 0 spiro atoms. The zero-order valence-corrected chi connectivity index (χ0v) is 18.2. The molecular formula is C24H25FN2O5. The van der Waals surface area contributed by atoms with Crippen LogP contribution in [-0.4, -0.2) is 41.2 Å². The molecule has 32 heavy (non-hydrogen) atoms. The van der Waals surface area contributed by atoms with Crippen LogP contribution in [0.15, 0.2) is 42.5 Å². The fourth-order valence-corrected chi connectivity index (χ4v) is 3.46. The van der Waals surface area contributed by atoms with Gasteiger partial charge >= 0.3 is 5.97 Å². The summed E-state index contributed by atoms with van der Waals surface area (Å²) in [6.07, 6.45) is -0.839. The third kappa shape index (κ3) is 5.19. The minimum Gasteiger partial charge on any atom is -0.453 e. The summed E-state index contributed by atoms with van der Waals surface area (Å²) in [6, 6.07) is 10.4. The zero-order chi connectivity index (χ0) is 23.4. The van der Waals surface area contributed by atoms with Gasteiger partial charge in [0, 0.05) is 13.0 Å². The summed E-state index contributed by atoms with van der Waals surface area (Å²) in [6.45, 7) is 5.12. The van der Waals surface area contributed by atoms with Crippen molar-refractivity contribution in [3.63, 3.8) is 0 Å². The summed E-state index contributed by atoms with van der Waals surface area (Å²) in [7, 11) is 0. The molecule has 0 radical (unpaired) electrons. The van der Waals surface area contributed by atoms with Gasteiger partial charge in [-0.2, -0.15) is 0 Å². The maximum atomic E-state index is 13.0. The van der Waals surface area contributed by atoms with Crippen molar-refractivity contribution in [2.45, 2.75) is 45.8 Å². The number of benzene rings is 2. The van der Waals surface area contributed by atoms with Crippen molar-refractivity contribution in [1.82, 2.24) is 10.2 Å². The highest BCUT2D eigenvalue weighted by Crippen LogP contribution is 2.24. The second-order valence-corrected chi connectivity index (χ2v) is 7.83. The number of hydrogen-bond acceptors (Lipinski definition) is 5. The molecule has 0 saturated carbocycles. The van der Waals surface area contributed by atoms with E-state index in [0.717, 1.165) is 16.0 Å². The number of aryl methyl sites for hydroxylation is 1. The molecule has 8 heteroatoms. The number of hydrogen-bond donors (Lipinski definition) is 1. The van der Waals surface area contributed by atoms with Gasteiger partial charge in [0.2, 0.25) is 0 Å². The third-order valence-electron chi connectivity index (χ3n) is 5.30. The molecule has 7 nitrogen and oxygen atoms in total. The average Bonchev–Trinajstić information content (AvgIpc) is 2.98. The van der Waals surface area contributed by atoms with Gasteiger partial charge < -0.3 is 10.1 Å². The van der Waals surface area contributed by atoms with Crippen molar-refractivity contribution in [3.05, 3.63) is 70.5 Å². The lowest BCUT2D eigenvalue weighted by Gasteiger charge is -2.18. The number of carbonyl (C=O) groups is 4. The van der Waals surface area contributed by atoms with Crippen molar-refractivity contribution in [2.75, 3.05) is 6.54 Å². The van der Waals surface area contributed by atoms with Crippen LogP contribution in [0.25, 0.3) is 0 Å². The second-order valence-electron chi connectivity index (χ2n) is 7.83. The normalized spacial score (nSPS) is 14.7. The molecule has 2 aromatic carbocycles. The van der Waals surface area contributed by atoms with Crippen LogP contribution in [0.3, 0.4) is 0 Å². The first-order chi connectivity index (χ1) is 15.2. The summed E-state index contributed by atoms with van der Waals surface area (Å²) >= 11 is 0. The first kappa shape index (κ1) is 23.1. The van der Waals surface area contributed by atoms with E-state index in [1.807, 2.05) is 6.92 Å². The molecule has 0 aromatic heterocycles. The molecule has 3 rings (SSSR count). The van der Waals surface area contributed by atoms with Gasteiger partial charge in [-0.15, -0.1) is 0 Å². The Kier molecular flexibility index (Phi) is 7.02. The molecule has 0 bridgehead atoms. The molecule has 2 atom stereocenters. The van der Waals surface area contributed by atoms with E-state index in [9.17, 15) is 23.6 Å². The second kappa shape index (κ2) is 9.72. The van der Waals surface area contributed by atoms with Crippen molar-refractivity contribution in [1.29, 1.82) is 0 Å². The molecule has 1 aliphatic rings. The quantitative estimate of drug-likeness (QED) is 0.502. The number of carbonyl (C=O) groups excluding carboxylic acids is 4. The number of amides is 3. The van der Waals surface area contributed by atoms with Crippen LogP contribution in [0, 0.1) is 12.7 Å². The standard InChI is InChI=1S/C24H25FN2O5/c1-14-6-11-19-20(13-14)24(31)27(23(19)30)12-4-5-21(28)32-16(3)22(29)26-15(2)17-7-9-18(25)10-8-17/h6-11,13,15-16H,4-5,12H2,1-3H3,(H,26,29). The van der Waals surface area contributed by atoms with Crippen molar-refractivity contribution in [3.8, 4) is 0 Å². The highest BCUT2D eigenvalue weighted by atomic mass is 19.1. The van der Waals surface area contributed by atoms with Gasteiger partial charge in [-0.3, -0.25) is 24.1 Å². The number of nitrogens with zero attached hydrogens (tertiary/aromatic N) is 1. The van der Waals surface area contributed by atoms with Gasteiger partial charge in [0.1, 0.15) is 5.82 Å². The molecule has 1 heterocycles. The lowest BCUT2D eigenvalue weighted by atomic mass is 10.1. The number of fused-ring (bicyclic) bond motifs is 1. The minimum atomic E-state index is -1.02. The number of imide groups is 1. The molecule has 1 N–H and O–H groups in total. The SMILES string of the molecule is Cc1ccc2c(c1)C(=O)N(CCCC(=O)OC(C)C(=O)NC(C)c1ccc(F)cc1)C2=O. The number of nitrogens with one attached hydrogen (secondary N) is 1. The van der Waals surface area contributed by atoms with Crippen LogP contribution in [-0.2, 0) is 14.3 Å². The number of esters is 1. The van der Waals surface area contributed by atoms with Crippen LogP contribution < -0.4 is 5.32 Å². The monoisotopic (exact) mass is 440 g/mol. The minimum absolute atomic E-state index is 0.0441. The Morgan fingerprint density at radius 3 is 2.38 bits per heavy atom. The van der Waals surface area contributed by atoms with Crippen LogP contribution in [0.5, 0.6) is 0 Å². The van der Waals surface area contributed by atoms with E-state index >= 15 is 0 Å². The van der Waals surface area contributed by atoms with E-state index in [-0.39, 0.29) is 43.1 Å². The van der Waals surface area contributed by atoms with E-state index in [4.69, 9.17) is 4.74 Å². The van der Waals surface area contributed by atoms with E-state index in [1.165, 1.54) is 19.1 Å². The summed E-state index contributed by atoms with van der Waals surface area (Å²) in [5.41, 5.74) is 2.34. The molecule has 0 saturated heterocycles. The molecule has 0 aliphatic carbocycles. The fraction of sp³-hybridized carbons (Fsp3) is 0.333. The summed E-state index contributed by atoms with van der Waals surface area (Å²) in [5.74, 6) is -2.20. The van der Waals surface area contributed by atoms with Gasteiger partial charge in [-0.1, -0.05) is 23.8 Å². The van der Waals surface area contributed by atoms with E-state index in [2.05, 4.69) is 5.32 Å². The molecule has 1 aliphatic heterocycles. The largest absolute Gasteiger partial charge is 0.453 e. The van der Waals surface area contributed by atoms with Gasteiger partial charge in [0.15, 0.2) is 6.10 Å². The lowest BCUT2D eigenvalue weighted by Crippen LogP contribution is -2.37. The van der Waals surface area contributed by atoms with Gasteiger partial charge in [0.05, 0.1) is 17.2 Å². The van der Waals surface area contributed by atoms with Crippen LogP contribution in [0.4, 0.5) is 4.39 Å². The topological polar surface area (TPSA) is 92.8 Å². The predicted molar refractivity (Wildman–Crippen MR) is 114 cm³/mol. The Morgan fingerprint density at radius 2 is 1.69 bits per heavy atom. The summed E-state index contributed by atoms with van der Waals surface area (Å²) in [4.78, 5) is 50.4. The molecule has 0 fully saturated rings. The molecule has 168 valence electrons. The average molecular weight is 440 g/mol. The van der Waals surface area contributed by atoms with E-state index in [0.29, 0.717) is 11.1 Å².